The number of nitrogens with zero attached hydrogens (tertiary/aromatic N) is 3. The molecule has 0 bridgehead atoms. The van der Waals surface area contributed by atoms with E-state index in [2.05, 4.69) is 17.1 Å². The fourth-order valence-electron chi connectivity index (χ4n) is 4.47. The van der Waals surface area contributed by atoms with Crippen LogP contribution in [0.4, 0.5) is 0 Å². The van der Waals surface area contributed by atoms with Crippen molar-refractivity contribution in [1.29, 1.82) is 0 Å². The summed E-state index contributed by atoms with van der Waals surface area (Å²) in [5.74, 6) is 0.875. The minimum atomic E-state index is -0.296. The van der Waals surface area contributed by atoms with Crippen LogP contribution in [0.3, 0.4) is 0 Å². The molecule has 1 fully saturated rings. The maximum atomic E-state index is 13.0. The summed E-state index contributed by atoms with van der Waals surface area (Å²) < 4.78 is 13.5. The molecular weight excluding hydrogens is 354 g/mol. The van der Waals surface area contributed by atoms with Crippen LogP contribution in [-0.4, -0.2) is 47.0 Å². The van der Waals surface area contributed by atoms with E-state index in [1.807, 2.05) is 39.8 Å². The van der Waals surface area contributed by atoms with Crippen LogP contribution in [-0.2, 0) is 16.8 Å². The average molecular weight is 377 g/mol. The van der Waals surface area contributed by atoms with Crippen molar-refractivity contribution >= 4 is 11.6 Å². The highest BCUT2D eigenvalue weighted by Gasteiger charge is 2.42. The first-order valence-corrected chi connectivity index (χ1v) is 9.73. The Kier molecular flexibility index (Phi) is 4.09. The first-order chi connectivity index (χ1) is 13.7. The summed E-state index contributed by atoms with van der Waals surface area (Å²) in [6, 6.07) is 12.0. The lowest BCUT2D eigenvalue weighted by molar-refractivity contribution is -0.0935. The highest BCUT2D eigenvalue weighted by atomic mass is 16.5. The van der Waals surface area contributed by atoms with Crippen LogP contribution in [0, 0.1) is 0 Å². The van der Waals surface area contributed by atoms with E-state index in [1.54, 1.807) is 13.3 Å². The Hall–Kier alpha value is -2.86. The van der Waals surface area contributed by atoms with Gasteiger partial charge in [0.15, 0.2) is 0 Å². The second kappa shape index (κ2) is 6.63. The number of likely N-dealkylation sites (tertiary alicyclic amines) is 1. The molecule has 2 aliphatic heterocycles. The number of hydrogen-bond acceptors (Lipinski definition) is 4. The highest BCUT2D eigenvalue weighted by Crippen LogP contribution is 2.42. The molecule has 0 atom stereocenters. The van der Waals surface area contributed by atoms with Crippen molar-refractivity contribution in [3.63, 3.8) is 0 Å². The van der Waals surface area contributed by atoms with Gasteiger partial charge in [-0.25, -0.2) is 4.98 Å². The van der Waals surface area contributed by atoms with Gasteiger partial charge in [0, 0.05) is 25.5 Å². The van der Waals surface area contributed by atoms with E-state index in [1.165, 1.54) is 11.1 Å². The number of ether oxygens (including phenoxy) is 2. The van der Waals surface area contributed by atoms with Crippen LogP contribution in [0.2, 0.25) is 0 Å². The van der Waals surface area contributed by atoms with Crippen molar-refractivity contribution in [1.82, 2.24) is 14.3 Å². The Morgan fingerprint density at radius 3 is 2.86 bits per heavy atom. The van der Waals surface area contributed by atoms with Gasteiger partial charge in [-0.3, -0.25) is 4.79 Å². The predicted molar refractivity (Wildman–Crippen MR) is 105 cm³/mol. The van der Waals surface area contributed by atoms with Crippen molar-refractivity contribution in [3.05, 3.63) is 65.6 Å². The largest absolute Gasteiger partial charge is 0.497 e. The molecule has 0 radical (unpaired) electrons. The summed E-state index contributed by atoms with van der Waals surface area (Å²) in [6.45, 7) is 2.04. The zero-order valence-electron chi connectivity index (χ0n) is 15.9. The molecule has 0 aliphatic carbocycles. The molecule has 2 aromatic heterocycles. The number of imidazole rings is 1. The topological polar surface area (TPSA) is 56.1 Å². The molecule has 3 aromatic rings. The number of carbonyl (C=O) groups is 1. The Labute approximate surface area is 163 Å². The van der Waals surface area contributed by atoms with Gasteiger partial charge in [-0.15, -0.1) is 0 Å². The SMILES string of the molecule is COc1ccc2c(c1)CCOC21CCN(C(=O)c2cn3ccccc3n2)CC1. The molecule has 5 rings (SSSR count). The van der Waals surface area contributed by atoms with Crippen LogP contribution in [0.15, 0.2) is 48.8 Å². The fourth-order valence-corrected chi connectivity index (χ4v) is 4.47. The van der Waals surface area contributed by atoms with E-state index in [0.29, 0.717) is 25.4 Å². The van der Waals surface area contributed by atoms with Gasteiger partial charge >= 0.3 is 0 Å². The quantitative estimate of drug-likeness (QED) is 0.689. The molecule has 0 saturated carbocycles. The van der Waals surface area contributed by atoms with Crippen LogP contribution in [0.25, 0.3) is 5.65 Å². The Morgan fingerprint density at radius 2 is 2.07 bits per heavy atom. The van der Waals surface area contributed by atoms with Gasteiger partial charge < -0.3 is 18.8 Å². The summed E-state index contributed by atoms with van der Waals surface area (Å²) in [5.41, 5.74) is 3.54. The van der Waals surface area contributed by atoms with E-state index in [0.717, 1.165) is 30.7 Å². The Bertz CT molecular complexity index is 1000. The summed E-state index contributed by atoms with van der Waals surface area (Å²) in [5, 5.41) is 0. The zero-order valence-corrected chi connectivity index (χ0v) is 15.9. The number of pyridine rings is 1. The normalized spacial score (nSPS) is 18.2. The molecule has 2 aliphatic rings. The molecule has 1 aromatic carbocycles. The maximum absolute atomic E-state index is 13.0. The molecule has 144 valence electrons. The number of piperidine rings is 1. The maximum Gasteiger partial charge on any atom is 0.274 e. The highest BCUT2D eigenvalue weighted by molar-refractivity contribution is 5.93. The first-order valence-electron chi connectivity index (χ1n) is 9.73. The van der Waals surface area contributed by atoms with Gasteiger partial charge in [0.05, 0.1) is 19.3 Å². The van der Waals surface area contributed by atoms with Gasteiger partial charge in [-0.1, -0.05) is 12.1 Å². The van der Waals surface area contributed by atoms with Gasteiger partial charge in [0.2, 0.25) is 0 Å². The predicted octanol–water partition coefficient (Wildman–Crippen LogP) is 3.05. The van der Waals surface area contributed by atoms with Crippen molar-refractivity contribution in [2.45, 2.75) is 24.9 Å². The molecule has 4 heterocycles. The summed E-state index contributed by atoms with van der Waals surface area (Å²) in [4.78, 5) is 19.3. The van der Waals surface area contributed by atoms with E-state index in [9.17, 15) is 4.79 Å². The molecule has 1 saturated heterocycles. The molecule has 1 spiro atoms. The van der Waals surface area contributed by atoms with Crippen LogP contribution >= 0.6 is 0 Å². The van der Waals surface area contributed by atoms with Crippen molar-refractivity contribution in [2.75, 3.05) is 26.8 Å². The zero-order chi connectivity index (χ0) is 19.1. The van der Waals surface area contributed by atoms with E-state index < -0.39 is 0 Å². The summed E-state index contributed by atoms with van der Waals surface area (Å²) in [7, 11) is 1.69. The van der Waals surface area contributed by atoms with Crippen molar-refractivity contribution < 1.29 is 14.3 Å². The smallest absolute Gasteiger partial charge is 0.274 e. The second-order valence-electron chi connectivity index (χ2n) is 7.50. The third-order valence-corrected chi connectivity index (χ3v) is 5.99. The molecule has 6 heteroatoms. The molecule has 6 nitrogen and oxygen atoms in total. The number of amides is 1. The third-order valence-electron chi connectivity index (χ3n) is 5.99. The first kappa shape index (κ1) is 17.3. The van der Waals surface area contributed by atoms with Crippen LogP contribution in [0.5, 0.6) is 5.75 Å². The monoisotopic (exact) mass is 377 g/mol. The number of hydrogen-bond donors (Lipinski definition) is 0. The minimum absolute atomic E-state index is 0.00989. The van der Waals surface area contributed by atoms with E-state index >= 15 is 0 Å². The Balaban J connectivity index is 1.36. The van der Waals surface area contributed by atoms with Gasteiger partial charge in [0.1, 0.15) is 17.1 Å². The second-order valence-corrected chi connectivity index (χ2v) is 7.50. The number of benzene rings is 1. The van der Waals surface area contributed by atoms with Crippen molar-refractivity contribution in [2.24, 2.45) is 0 Å². The Morgan fingerprint density at radius 1 is 1.21 bits per heavy atom. The number of aromatic nitrogens is 2. The van der Waals surface area contributed by atoms with Gasteiger partial charge in [-0.05, 0) is 54.7 Å². The van der Waals surface area contributed by atoms with Crippen molar-refractivity contribution in [3.8, 4) is 5.75 Å². The lowest BCUT2D eigenvalue weighted by atomic mass is 9.79. The minimum Gasteiger partial charge on any atom is -0.497 e. The average Bonchev–Trinajstić information content (AvgIpc) is 3.18. The molecule has 0 unspecified atom stereocenters. The summed E-state index contributed by atoms with van der Waals surface area (Å²) in [6.07, 6.45) is 6.21. The molecule has 1 amide bonds. The third kappa shape index (κ3) is 2.76. The van der Waals surface area contributed by atoms with Crippen LogP contribution in [0.1, 0.15) is 34.5 Å². The number of rotatable bonds is 2. The lowest BCUT2D eigenvalue weighted by Crippen LogP contribution is -2.48. The van der Waals surface area contributed by atoms with E-state index in [4.69, 9.17) is 9.47 Å². The lowest BCUT2D eigenvalue weighted by Gasteiger charge is -2.45. The summed E-state index contributed by atoms with van der Waals surface area (Å²) >= 11 is 0. The van der Waals surface area contributed by atoms with Gasteiger partial charge in [0.25, 0.3) is 5.91 Å². The van der Waals surface area contributed by atoms with Gasteiger partial charge in [-0.2, -0.15) is 0 Å². The van der Waals surface area contributed by atoms with E-state index in [-0.39, 0.29) is 11.5 Å². The number of carbonyl (C=O) groups excluding carboxylic acids is 1. The molecule has 0 N–H and O–H groups in total. The molecular formula is C22H23N3O3. The molecule has 28 heavy (non-hydrogen) atoms. The number of methoxy groups -OCH3 is 1. The van der Waals surface area contributed by atoms with Crippen LogP contribution < -0.4 is 4.74 Å². The number of fused-ring (bicyclic) bond motifs is 3. The fraction of sp³-hybridized carbons (Fsp3) is 0.364. The standard InChI is InChI=1S/C22H23N3O3/c1-27-17-5-6-18-16(14-17)7-13-28-22(18)8-11-24(12-9-22)21(26)19-15-25-10-3-2-4-20(25)23-19/h2-6,10,14-15H,7-9,11-13H2,1H3.